The van der Waals surface area contributed by atoms with Crippen LogP contribution in [0.2, 0.25) is 0 Å². The van der Waals surface area contributed by atoms with Crippen LogP contribution < -0.4 is 46.7 Å². The maximum Gasteiger partial charge on any atom is 1.00 e. The van der Waals surface area contributed by atoms with Crippen molar-refractivity contribution in [2.45, 2.75) is 278 Å². The second-order valence-corrected chi connectivity index (χ2v) is 41.5. The van der Waals surface area contributed by atoms with Gasteiger partial charge in [-0.1, -0.05) is 54.6 Å². The molecule has 33 heteroatoms. The van der Waals surface area contributed by atoms with E-state index < -0.39 is 81.5 Å². The summed E-state index contributed by atoms with van der Waals surface area (Å²) in [7, 11) is -10.5. The molecular weight excluding hydrogens is 1590 g/mol. The molecule has 4 heterocycles. The van der Waals surface area contributed by atoms with Crippen LogP contribution in [0.25, 0.3) is 0 Å². The Morgan fingerprint density at radius 3 is 1.11 bits per heavy atom. The van der Waals surface area contributed by atoms with Gasteiger partial charge in [0.25, 0.3) is 5.91 Å². The number of aliphatic imine (C=N–C) groups is 1. The largest absolute Gasteiger partial charge is 1.00 e. The number of aliphatic hydroxyl groups is 1. The number of rotatable bonds is 27. The van der Waals surface area contributed by atoms with Crippen molar-refractivity contribution >= 4 is 82.9 Å². The molecule has 11 N–H and O–H groups in total. The average molecular weight is 1730 g/mol. The number of aryl methyl sites for hydroxylation is 6. The van der Waals surface area contributed by atoms with E-state index in [-0.39, 0.29) is 178 Å². The van der Waals surface area contributed by atoms with Crippen LogP contribution in [0, 0.1) is 56.3 Å². The van der Waals surface area contributed by atoms with Crippen molar-refractivity contribution in [3.05, 3.63) is 105 Å². The fraction of sp³-hybridized carbons (Fsp3) is 0.686. The van der Waals surface area contributed by atoms with Crippen LogP contribution in [0.4, 0.5) is 13.2 Å². The Labute approximate surface area is 716 Å². The number of Topliss-reactive ketones (excluding diaryl/α,β-unsaturated/α-hetero) is 3. The number of aliphatic hydroxyl groups excluding tert-OH is 1. The Balaban J connectivity index is 0.000000344. The summed E-state index contributed by atoms with van der Waals surface area (Å²) in [5.74, 6) is -1.91. The quantitative estimate of drug-likeness (QED) is 0.0393. The van der Waals surface area contributed by atoms with E-state index in [4.69, 9.17) is 32.4 Å². The summed E-state index contributed by atoms with van der Waals surface area (Å²) in [4.78, 5) is 99.2. The van der Waals surface area contributed by atoms with Gasteiger partial charge in [-0.15, -0.1) is 0 Å². The number of aliphatic carboxylic acids is 1. The fourth-order valence-electron chi connectivity index (χ4n) is 17.1. The van der Waals surface area contributed by atoms with Gasteiger partial charge in [-0.3, -0.25) is 43.3 Å². The SMILES string of the molecule is CC(=O)Cc1ccc(CCS(=O)(=O)N2CCC(N)(C(N)=O)CC2)c(C)c1.CC(=O)Cc1ccc(CCS(=O)(=O)N2CCC(NC(=O)C3CCC(C(C)(C)F)CC3)(C(N)=O)CC2)c(C)c1.CC(=O)Cc1ccc(CCS(=O)(=O)N2CCC3(CC2)N=C(C2CCC(C(C)(C)F)CC2)NC3=O)c(C)c1.CC(C)(F)C1CCC(C(=O)O)CC1.CCO.[Li+].[OH-]. The average Bonchev–Trinajstić information content (AvgIpc) is 1.53. The van der Waals surface area contributed by atoms with E-state index in [1.807, 2.05) is 75.4 Å². The molecule has 4 aliphatic heterocycles. The first-order valence-electron chi connectivity index (χ1n) is 41.5. The predicted molar refractivity (Wildman–Crippen MR) is 450 cm³/mol. The Bertz CT molecular complexity index is 4350. The first-order chi connectivity index (χ1) is 54.3. The van der Waals surface area contributed by atoms with Gasteiger partial charge in [0.2, 0.25) is 47.8 Å². The molecule has 3 saturated heterocycles. The van der Waals surface area contributed by atoms with E-state index in [1.165, 1.54) is 19.8 Å². The zero-order chi connectivity index (χ0) is 87.6. The number of benzene rings is 3. The molecule has 664 valence electrons. The number of ketones is 3. The molecule has 26 nitrogen and oxygen atoms in total. The van der Waals surface area contributed by atoms with Gasteiger partial charge in [0.15, 0.2) is 0 Å². The number of carbonyl (C=O) groups excluding carboxylic acids is 7. The number of hydrogen-bond donors (Lipinski definition) is 7. The molecule has 0 radical (unpaired) electrons. The van der Waals surface area contributed by atoms with E-state index in [0.717, 1.165) is 75.8 Å². The number of sulfonamides is 3. The standard InChI is InChI=1S/C28H42FN3O5S.C28H40FN3O4S.C18H27N3O4S.C10H17FO2.C2H6O.Li.H2O/c1-19-17-21(18-20(2)33)5-6-22(19)11-16-38(36,37)32-14-12-28(13-15-32,26(30)35)31-25(34)23-7-9-24(10-8-23)27(3,4)29;1-19-17-21(18-20(2)33)5-6-22(19)11-16-37(35,36)32-14-12-28(13-15-32)26(34)30-25(31-28)23-7-9-24(10-8-23)27(3,4)29;1-13-11-15(12-14(2)22)3-4-16(13)5-10-26(24,25)21-8-6-18(20,7-9-21)17(19)23;1-10(2,11)8-5-3-7(4-6-8)9(12)13;1-2-3;;/h5-6,17,23-24H,7-16,18H2,1-4H3,(H2,30,35)(H,31,34);5-6,17,23-24H,7-16,18H2,1-4H3,(H,30,31,34);3-4,11H,5-10,12,20H2,1-2H3,(H2,19,23);7-8H,3-6H2,1-2H3,(H,12,13);3H,2H2,1H3;;1H2/q;;;;;+1;/p-1. The van der Waals surface area contributed by atoms with E-state index in [2.05, 4.69) is 10.6 Å². The number of carboxylic acid groups (broad SMARTS) is 1. The number of amidine groups is 1. The van der Waals surface area contributed by atoms with Gasteiger partial charge in [0.1, 0.15) is 51.3 Å². The van der Waals surface area contributed by atoms with E-state index >= 15 is 0 Å². The molecule has 4 amide bonds. The van der Waals surface area contributed by atoms with Crippen molar-refractivity contribution in [2.75, 3.05) is 63.1 Å². The number of hydrogen-bond acceptors (Lipinski definition) is 18. The van der Waals surface area contributed by atoms with Gasteiger partial charge in [-0.05, 0) is 293 Å². The van der Waals surface area contributed by atoms with Crippen LogP contribution in [0.3, 0.4) is 0 Å². The molecule has 3 saturated carbocycles. The second-order valence-electron chi connectivity index (χ2n) is 35.2. The predicted octanol–water partition coefficient (Wildman–Crippen LogP) is 6.63. The third-order valence-electron chi connectivity index (χ3n) is 24.9. The Morgan fingerprint density at radius 1 is 0.521 bits per heavy atom. The molecule has 10 rings (SSSR count). The first-order valence-corrected chi connectivity index (χ1v) is 46.3. The summed E-state index contributed by atoms with van der Waals surface area (Å²) in [6.07, 6.45) is 11.8. The number of carboxylic acids is 1. The fourth-order valence-corrected chi connectivity index (χ4v) is 21.5. The van der Waals surface area contributed by atoms with Gasteiger partial charge in [0.05, 0.1) is 28.7 Å². The smallest absolute Gasteiger partial charge is 0.870 e. The molecule has 3 aromatic rings. The number of primary amides is 2. The molecule has 6 fully saturated rings. The molecule has 3 aliphatic carbocycles. The molecule has 3 aromatic carbocycles. The van der Waals surface area contributed by atoms with E-state index in [1.54, 1.807) is 62.3 Å². The van der Waals surface area contributed by atoms with Crippen LogP contribution in [-0.2, 0) is 107 Å². The number of halogens is 3. The third kappa shape index (κ3) is 30.9. The Kier molecular flexibility index (Phi) is 39.6. The van der Waals surface area contributed by atoms with Gasteiger partial charge >= 0.3 is 24.8 Å². The van der Waals surface area contributed by atoms with Crippen molar-refractivity contribution in [3.63, 3.8) is 0 Å². The van der Waals surface area contributed by atoms with Gasteiger partial charge in [-0.2, -0.15) is 0 Å². The monoisotopic (exact) mass is 1720 g/mol. The number of nitrogens with two attached hydrogens (primary N) is 3. The summed E-state index contributed by atoms with van der Waals surface area (Å²) >= 11 is 0. The van der Waals surface area contributed by atoms with Gasteiger partial charge < -0.3 is 43.5 Å². The zero-order valence-corrected chi connectivity index (χ0v) is 75.1. The van der Waals surface area contributed by atoms with E-state index in [9.17, 15) is 76.8 Å². The number of carbonyl (C=O) groups is 8. The summed E-state index contributed by atoms with van der Waals surface area (Å²) in [5.41, 5.74) is 18.5. The van der Waals surface area contributed by atoms with Crippen LogP contribution in [-0.4, -0.2) is 203 Å². The van der Waals surface area contributed by atoms with Crippen molar-refractivity contribution in [1.82, 2.24) is 23.5 Å². The van der Waals surface area contributed by atoms with Crippen molar-refractivity contribution in [3.8, 4) is 0 Å². The van der Waals surface area contributed by atoms with Crippen molar-refractivity contribution < 1.29 is 111 Å². The number of alkyl halides is 3. The normalized spacial score (nSPS) is 22.2. The molecule has 0 atom stereocenters. The molecule has 0 bridgehead atoms. The minimum Gasteiger partial charge on any atom is -0.870 e. The number of amides is 4. The zero-order valence-electron chi connectivity index (χ0n) is 72.6. The summed E-state index contributed by atoms with van der Waals surface area (Å²) in [6, 6.07) is 17.1. The Hall–Kier alpha value is -6.31. The summed E-state index contributed by atoms with van der Waals surface area (Å²) < 4.78 is 124. The van der Waals surface area contributed by atoms with Gasteiger partial charge in [0, 0.05) is 77.0 Å². The molecule has 1 spiro atoms. The van der Waals surface area contributed by atoms with Crippen LogP contribution in [0.1, 0.15) is 235 Å². The number of nitrogens with zero attached hydrogens (tertiary/aromatic N) is 4. The summed E-state index contributed by atoms with van der Waals surface area (Å²) in [5, 5.41) is 22.2. The molecule has 0 unspecified atom stereocenters. The molecular formula is C86H133F3LiN9O17S3. The van der Waals surface area contributed by atoms with Crippen molar-refractivity contribution in [2.24, 2.45) is 57.7 Å². The molecule has 0 aromatic heterocycles. The maximum absolute atomic E-state index is 14.3. The molecule has 119 heavy (non-hydrogen) atoms. The minimum absolute atomic E-state index is 0. The van der Waals surface area contributed by atoms with Crippen LogP contribution in [0.5, 0.6) is 0 Å². The topological polar surface area (TPSA) is 434 Å². The number of nitrogens with one attached hydrogen (secondary N) is 2. The Morgan fingerprint density at radius 2 is 0.824 bits per heavy atom. The summed E-state index contributed by atoms with van der Waals surface area (Å²) in [6.45, 7) is 23.0. The maximum atomic E-state index is 14.3. The minimum atomic E-state index is -3.59. The first kappa shape index (κ1) is 105. The van der Waals surface area contributed by atoms with Crippen LogP contribution in [0.15, 0.2) is 59.6 Å². The molecule has 7 aliphatic rings. The van der Waals surface area contributed by atoms with Crippen molar-refractivity contribution in [1.29, 1.82) is 0 Å². The third-order valence-corrected chi connectivity index (χ3v) is 30.5. The van der Waals surface area contributed by atoms with E-state index in [0.29, 0.717) is 109 Å². The van der Waals surface area contributed by atoms with Gasteiger partial charge in [-0.25, -0.2) is 51.3 Å². The second kappa shape index (κ2) is 44.8. The number of piperidine rings is 3. The van der Waals surface area contributed by atoms with Crippen LogP contribution >= 0.6 is 0 Å².